The number of rotatable bonds is 6. The number of imidazole rings is 1. The van der Waals surface area contributed by atoms with Crippen molar-refractivity contribution in [1.29, 1.82) is 0 Å². The Labute approximate surface area is 163 Å². The van der Waals surface area contributed by atoms with E-state index in [0.717, 1.165) is 25.0 Å². The van der Waals surface area contributed by atoms with Gasteiger partial charge in [0.2, 0.25) is 5.91 Å². The molecule has 1 amide bonds. The Morgan fingerprint density at radius 3 is 2.93 bits per heavy atom. The highest BCUT2D eigenvalue weighted by atomic mass is 16.5. The zero-order valence-electron chi connectivity index (χ0n) is 15.8. The number of hydrogen-bond acceptors (Lipinski definition) is 6. The van der Waals surface area contributed by atoms with Crippen molar-refractivity contribution in [2.24, 2.45) is 0 Å². The molecule has 4 rings (SSSR count). The van der Waals surface area contributed by atoms with Crippen molar-refractivity contribution < 1.29 is 14.1 Å². The van der Waals surface area contributed by atoms with Gasteiger partial charge >= 0.3 is 0 Å². The van der Waals surface area contributed by atoms with Gasteiger partial charge in [-0.3, -0.25) is 4.79 Å². The van der Waals surface area contributed by atoms with Gasteiger partial charge in [-0.15, -0.1) is 0 Å². The summed E-state index contributed by atoms with van der Waals surface area (Å²) in [4.78, 5) is 23.1. The topological polar surface area (TPSA) is 86.3 Å². The Balaban J connectivity index is 1.41. The Kier molecular flexibility index (Phi) is 5.36. The number of aryl methyl sites for hydroxylation is 1. The first-order valence-corrected chi connectivity index (χ1v) is 9.46. The lowest BCUT2D eigenvalue weighted by Crippen LogP contribution is -2.40. The second kappa shape index (κ2) is 8.24. The van der Waals surface area contributed by atoms with E-state index in [1.165, 1.54) is 5.56 Å². The molecule has 0 spiro atoms. The summed E-state index contributed by atoms with van der Waals surface area (Å²) < 4.78 is 12.8. The first-order valence-electron chi connectivity index (χ1n) is 9.46. The lowest BCUT2D eigenvalue weighted by Gasteiger charge is -2.33. The van der Waals surface area contributed by atoms with Gasteiger partial charge in [-0.25, -0.2) is 4.98 Å². The molecule has 1 aromatic carbocycles. The van der Waals surface area contributed by atoms with Crippen LogP contribution in [0.25, 0.3) is 0 Å². The number of ether oxygens (including phenoxy) is 1. The Hall–Kier alpha value is -3.16. The summed E-state index contributed by atoms with van der Waals surface area (Å²) in [5.41, 5.74) is 1.17. The van der Waals surface area contributed by atoms with Gasteiger partial charge < -0.3 is 18.7 Å². The van der Waals surface area contributed by atoms with Gasteiger partial charge in [-0.2, -0.15) is 4.98 Å². The number of hydrogen-bond donors (Lipinski definition) is 0. The van der Waals surface area contributed by atoms with Gasteiger partial charge in [0.25, 0.3) is 5.89 Å². The van der Waals surface area contributed by atoms with Crippen LogP contribution >= 0.6 is 0 Å². The van der Waals surface area contributed by atoms with E-state index in [9.17, 15) is 4.79 Å². The molecule has 28 heavy (non-hydrogen) atoms. The largest absolute Gasteiger partial charge is 0.484 e. The third-order valence-electron chi connectivity index (χ3n) is 4.87. The molecule has 8 nitrogen and oxygen atoms in total. The van der Waals surface area contributed by atoms with Gasteiger partial charge in [-0.1, -0.05) is 22.9 Å². The molecule has 1 saturated heterocycles. The fraction of sp³-hybridized carbons (Fsp3) is 0.400. The maximum absolute atomic E-state index is 12.8. The zero-order valence-corrected chi connectivity index (χ0v) is 15.8. The van der Waals surface area contributed by atoms with Gasteiger partial charge in [-0.05, 0) is 38.3 Å². The van der Waals surface area contributed by atoms with E-state index >= 15 is 0 Å². The van der Waals surface area contributed by atoms with Crippen LogP contribution in [0.15, 0.2) is 47.5 Å². The summed E-state index contributed by atoms with van der Waals surface area (Å²) in [6.07, 6.45) is 7.93. The Morgan fingerprint density at radius 2 is 2.14 bits per heavy atom. The van der Waals surface area contributed by atoms with Crippen molar-refractivity contribution in [3.8, 4) is 5.75 Å². The van der Waals surface area contributed by atoms with Crippen LogP contribution in [-0.4, -0.2) is 37.0 Å². The summed E-state index contributed by atoms with van der Waals surface area (Å²) >= 11 is 0. The summed E-state index contributed by atoms with van der Waals surface area (Å²) in [5, 5.41) is 4.12. The number of amides is 1. The van der Waals surface area contributed by atoms with Crippen molar-refractivity contribution in [1.82, 2.24) is 24.6 Å². The number of carbonyl (C=O) groups is 1. The minimum atomic E-state index is -0.165. The molecule has 0 aliphatic carbocycles. The fourth-order valence-corrected chi connectivity index (χ4v) is 3.37. The summed E-state index contributed by atoms with van der Waals surface area (Å²) in [7, 11) is 0. The first kappa shape index (κ1) is 18.2. The van der Waals surface area contributed by atoms with Crippen LogP contribution in [-0.2, 0) is 17.9 Å². The molecular formula is C20H23N5O3. The maximum atomic E-state index is 12.8. The molecule has 146 valence electrons. The quantitative estimate of drug-likeness (QED) is 0.653. The van der Waals surface area contributed by atoms with Crippen molar-refractivity contribution in [3.63, 3.8) is 0 Å². The third-order valence-corrected chi connectivity index (χ3v) is 4.87. The zero-order chi connectivity index (χ0) is 19.3. The van der Waals surface area contributed by atoms with E-state index in [1.807, 2.05) is 36.1 Å². The maximum Gasteiger partial charge on any atom is 0.264 e. The standard InChI is InChI=1S/C20H23N5O3/c1-15-5-7-16(8-6-15)27-13-18-22-20(23-28-18)17-4-2-3-10-25(17)19(26)12-24-11-9-21-14-24/h5-9,11,14,17H,2-4,10,12-13H2,1H3. The average Bonchev–Trinajstić information content (AvgIpc) is 3.39. The predicted molar refractivity (Wildman–Crippen MR) is 100 cm³/mol. The molecule has 0 N–H and O–H groups in total. The van der Waals surface area contributed by atoms with Gasteiger partial charge in [0.05, 0.1) is 12.4 Å². The van der Waals surface area contributed by atoms with E-state index in [-0.39, 0.29) is 25.1 Å². The highest BCUT2D eigenvalue weighted by Gasteiger charge is 2.31. The number of likely N-dealkylation sites (tertiary alicyclic amines) is 1. The van der Waals surface area contributed by atoms with Crippen LogP contribution < -0.4 is 4.74 Å². The summed E-state index contributed by atoms with van der Waals surface area (Å²) in [6.45, 7) is 3.18. The fourth-order valence-electron chi connectivity index (χ4n) is 3.37. The highest BCUT2D eigenvalue weighted by Crippen LogP contribution is 2.29. The lowest BCUT2D eigenvalue weighted by atomic mass is 10.0. The highest BCUT2D eigenvalue weighted by molar-refractivity contribution is 5.76. The van der Waals surface area contributed by atoms with E-state index in [2.05, 4.69) is 15.1 Å². The minimum absolute atomic E-state index is 0.0324. The minimum Gasteiger partial charge on any atom is -0.484 e. The van der Waals surface area contributed by atoms with Gasteiger partial charge in [0, 0.05) is 18.9 Å². The molecule has 0 bridgehead atoms. The summed E-state index contributed by atoms with van der Waals surface area (Å²) in [6, 6.07) is 7.62. The molecule has 3 heterocycles. The van der Waals surface area contributed by atoms with Crippen LogP contribution in [0, 0.1) is 6.92 Å². The predicted octanol–water partition coefficient (Wildman–Crippen LogP) is 2.91. The molecule has 1 fully saturated rings. The molecule has 1 unspecified atom stereocenters. The van der Waals surface area contributed by atoms with E-state index < -0.39 is 0 Å². The van der Waals surface area contributed by atoms with E-state index in [4.69, 9.17) is 9.26 Å². The normalized spacial score (nSPS) is 16.9. The van der Waals surface area contributed by atoms with Crippen molar-refractivity contribution in [3.05, 3.63) is 60.3 Å². The first-order chi connectivity index (χ1) is 13.7. The molecule has 1 aliphatic heterocycles. The molecule has 0 radical (unpaired) electrons. The van der Waals surface area contributed by atoms with Gasteiger partial charge in [0.15, 0.2) is 12.4 Å². The van der Waals surface area contributed by atoms with Crippen LogP contribution in [0.3, 0.4) is 0 Å². The van der Waals surface area contributed by atoms with Crippen molar-refractivity contribution in [2.75, 3.05) is 6.54 Å². The van der Waals surface area contributed by atoms with Crippen molar-refractivity contribution in [2.45, 2.75) is 45.4 Å². The second-order valence-corrected chi connectivity index (χ2v) is 6.98. The molecule has 0 saturated carbocycles. The summed E-state index contributed by atoms with van der Waals surface area (Å²) in [5.74, 6) is 1.73. The van der Waals surface area contributed by atoms with Crippen LogP contribution in [0.4, 0.5) is 0 Å². The van der Waals surface area contributed by atoms with Gasteiger partial charge in [0.1, 0.15) is 12.3 Å². The molecule has 1 atom stereocenters. The third kappa shape index (κ3) is 4.21. The van der Waals surface area contributed by atoms with Crippen molar-refractivity contribution >= 4 is 5.91 Å². The van der Waals surface area contributed by atoms with Crippen LogP contribution in [0.1, 0.15) is 42.6 Å². The SMILES string of the molecule is Cc1ccc(OCc2nc(C3CCCCN3C(=O)Cn3ccnc3)no2)cc1. The molecule has 2 aromatic heterocycles. The number of nitrogens with zero attached hydrogens (tertiary/aromatic N) is 5. The number of aromatic nitrogens is 4. The average molecular weight is 381 g/mol. The van der Waals surface area contributed by atoms with Crippen LogP contribution in [0.5, 0.6) is 5.75 Å². The number of benzene rings is 1. The Morgan fingerprint density at radius 1 is 1.29 bits per heavy atom. The monoisotopic (exact) mass is 381 g/mol. The molecule has 1 aliphatic rings. The molecule has 8 heteroatoms. The molecule has 3 aromatic rings. The number of piperidine rings is 1. The molecular weight excluding hydrogens is 358 g/mol. The number of carbonyl (C=O) groups excluding carboxylic acids is 1. The van der Waals surface area contributed by atoms with E-state index in [1.54, 1.807) is 23.3 Å². The van der Waals surface area contributed by atoms with E-state index in [0.29, 0.717) is 18.3 Å². The van der Waals surface area contributed by atoms with Crippen LogP contribution in [0.2, 0.25) is 0 Å². The Bertz CT molecular complexity index is 904. The smallest absolute Gasteiger partial charge is 0.264 e. The second-order valence-electron chi connectivity index (χ2n) is 6.98. The lowest BCUT2D eigenvalue weighted by molar-refractivity contribution is -0.136.